The predicted octanol–water partition coefficient (Wildman–Crippen LogP) is 2.30. The second-order valence-corrected chi connectivity index (χ2v) is 5.65. The van der Waals surface area contributed by atoms with Crippen LogP contribution >= 0.6 is 24.0 Å². The first-order chi connectivity index (χ1) is 9.66. The molecule has 1 atom stereocenters. The zero-order chi connectivity index (χ0) is 14.4. The molecule has 0 aliphatic carbocycles. The maximum absolute atomic E-state index is 11.9. The van der Waals surface area contributed by atoms with Gasteiger partial charge < -0.3 is 15.7 Å². The molecule has 6 heteroatoms. The minimum absolute atomic E-state index is 0. The van der Waals surface area contributed by atoms with Crippen LogP contribution in [0.5, 0.6) is 0 Å². The van der Waals surface area contributed by atoms with Crippen molar-refractivity contribution in [3.8, 4) is 0 Å². The maximum atomic E-state index is 11.9. The molecule has 0 bridgehead atoms. The van der Waals surface area contributed by atoms with Gasteiger partial charge in [-0.15, -0.1) is 12.4 Å². The lowest BCUT2D eigenvalue weighted by Crippen LogP contribution is -2.33. The van der Waals surface area contributed by atoms with Gasteiger partial charge in [0.05, 0.1) is 6.10 Å². The number of hydrogen-bond donors (Lipinski definition) is 3. The molecule has 1 aliphatic rings. The average molecular weight is 333 g/mol. The van der Waals surface area contributed by atoms with Gasteiger partial charge in [0.1, 0.15) is 0 Å². The van der Waals surface area contributed by atoms with Gasteiger partial charge in [0.15, 0.2) is 0 Å². The Labute approximate surface area is 136 Å². The molecule has 4 nitrogen and oxygen atoms in total. The molecule has 1 aliphatic heterocycles. The third-order valence-electron chi connectivity index (χ3n) is 3.69. The first-order valence-corrected chi connectivity index (χ1v) is 7.44. The largest absolute Gasteiger partial charge is 0.387 e. The van der Waals surface area contributed by atoms with E-state index in [0.29, 0.717) is 22.9 Å². The quantitative estimate of drug-likeness (QED) is 0.775. The molecule has 0 saturated carbocycles. The highest BCUT2D eigenvalue weighted by atomic mass is 35.5. The molecule has 1 aromatic rings. The molecule has 1 saturated heterocycles. The fourth-order valence-electron chi connectivity index (χ4n) is 2.49. The van der Waals surface area contributed by atoms with E-state index in [9.17, 15) is 9.90 Å². The van der Waals surface area contributed by atoms with Gasteiger partial charge in [-0.1, -0.05) is 29.8 Å². The van der Waals surface area contributed by atoms with Crippen LogP contribution in [0.2, 0.25) is 5.02 Å². The molecule has 2 rings (SSSR count). The summed E-state index contributed by atoms with van der Waals surface area (Å²) in [7, 11) is 0. The molecular weight excluding hydrogens is 311 g/mol. The number of aliphatic hydroxyl groups is 1. The van der Waals surface area contributed by atoms with Crippen molar-refractivity contribution in [1.82, 2.24) is 10.6 Å². The van der Waals surface area contributed by atoms with Gasteiger partial charge in [-0.3, -0.25) is 4.79 Å². The van der Waals surface area contributed by atoms with Crippen LogP contribution in [0.25, 0.3) is 0 Å². The third kappa shape index (κ3) is 5.83. The number of carbonyl (C=O) groups is 1. The van der Waals surface area contributed by atoms with Gasteiger partial charge in [0, 0.05) is 23.6 Å². The first-order valence-electron chi connectivity index (χ1n) is 7.06. The first kappa shape index (κ1) is 18.2. The lowest BCUT2D eigenvalue weighted by Gasteiger charge is -2.22. The van der Waals surface area contributed by atoms with Crippen molar-refractivity contribution in [2.24, 2.45) is 5.92 Å². The van der Waals surface area contributed by atoms with Crippen LogP contribution in [0.1, 0.15) is 30.9 Å². The van der Waals surface area contributed by atoms with Crippen molar-refractivity contribution in [2.45, 2.75) is 25.4 Å². The molecule has 118 valence electrons. The molecule has 1 amide bonds. The second kappa shape index (κ2) is 9.26. The Morgan fingerprint density at radius 1 is 1.38 bits per heavy atom. The van der Waals surface area contributed by atoms with Gasteiger partial charge in [-0.25, -0.2) is 0 Å². The number of amides is 1. The highest BCUT2D eigenvalue weighted by molar-refractivity contribution is 6.31. The van der Waals surface area contributed by atoms with Gasteiger partial charge >= 0.3 is 0 Å². The van der Waals surface area contributed by atoms with Crippen molar-refractivity contribution < 1.29 is 9.90 Å². The lowest BCUT2D eigenvalue weighted by molar-refractivity contribution is -0.122. The summed E-state index contributed by atoms with van der Waals surface area (Å²) in [5.74, 6) is 0.455. The third-order valence-corrected chi connectivity index (χ3v) is 4.03. The van der Waals surface area contributed by atoms with Crippen LogP contribution in [0.3, 0.4) is 0 Å². The fraction of sp³-hybridized carbons (Fsp3) is 0.533. The van der Waals surface area contributed by atoms with E-state index in [1.807, 2.05) is 12.1 Å². The molecule has 1 fully saturated rings. The number of aliphatic hydroxyl groups excluding tert-OH is 1. The Morgan fingerprint density at radius 3 is 2.71 bits per heavy atom. The maximum Gasteiger partial charge on any atom is 0.220 e. The topological polar surface area (TPSA) is 61.4 Å². The predicted molar refractivity (Wildman–Crippen MR) is 86.9 cm³/mol. The van der Waals surface area contributed by atoms with E-state index in [0.717, 1.165) is 25.9 Å². The normalized spacial score (nSPS) is 16.9. The number of hydrogen-bond acceptors (Lipinski definition) is 3. The standard InChI is InChI=1S/C15H21ClN2O2.ClH/c16-13-4-2-1-3-12(13)14(19)10-18-15(20)9-11-5-7-17-8-6-11;/h1-4,11,14,17,19H,5-10H2,(H,18,20);1H. The van der Waals surface area contributed by atoms with Crippen LogP contribution in [0.15, 0.2) is 24.3 Å². The molecule has 21 heavy (non-hydrogen) atoms. The molecule has 0 aromatic heterocycles. The van der Waals surface area contributed by atoms with Crippen molar-refractivity contribution in [3.05, 3.63) is 34.9 Å². The van der Waals surface area contributed by atoms with Gasteiger partial charge in [0.2, 0.25) is 5.91 Å². The summed E-state index contributed by atoms with van der Waals surface area (Å²) in [6, 6.07) is 7.14. The van der Waals surface area contributed by atoms with Gasteiger partial charge in [-0.05, 0) is 37.9 Å². The molecule has 0 spiro atoms. The van der Waals surface area contributed by atoms with E-state index in [1.54, 1.807) is 12.1 Å². The van der Waals surface area contributed by atoms with E-state index in [2.05, 4.69) is 10.6 Å². The van der Waals surface area contributed by atoms with Crippen molar-refractivity contribution in [1.29, 1.82) is 0 Å². The van der Waals surface area contributed by atoms with Crippen LogP contribution in [0, 0.1) is 5.92 Å². The summed E-state index contributed by atoms with van der Waals surface area (Å²) in [6.45, 7) is 2.17. The molecule has 1 aromatic carbocycles. The number of piperidine rings is 1. The zero-order valence-corrected chi connectivity index (χ0v) is 13.4. The van der Waals surface area contributed by atoms with E-state index in [4.69, 9.17) is 11.6 Å². The summed E-state index contributed by atoms with van der Waals surface area (Å²) in [6.07, 6.45) is 1.86. The van der Waals surface area contributed by atoms with E-state index in [1.165, 1.54) is 0 Å². The van der Waals surface area contributed by atoms with Crippen LogP contribution < -0.4 is 10.6 Å². The van der Waals surface area contributed by atoms with E-state index < -0.39 is 6.10 Å². The summed E-state index contributed by atoms with van der Waals surface area (Å²) >= 11 is 6.01. The lowest BCUT2D eigenvalue weighted by atomic mass is 9.94. The van der Waals surface area contributed by atoms with Crippen molar-refractivity contribution in [2.75, 3.05) is 19.6 Å². The van der Waals surface area contributed by atoms with Crippen LogP contribution in [-0.2, 0) is 4.79 Å². The van der Waals surface area contributed by atoms with Gasteiger partial charge in [-0.2, -0.15) is 0 Å². The summed E-state index contributed by atoms with van der Waals surface area (Å²) < 4.78 is 0. The SMILES string of the molecule is Cl.O=C(CC1CCNCC1)NCC(O)c1ccccc1Cl. The fourth-order valence-corrected chi connectivity index (χ4v) is 2.75. The Kier molecular flexibility index (Phi) is 8.04. The number of benzene rings is 1. The average Bonchev–Trinajstić information content (AvgIpc) is 2.46. The smallest absolute Gasteiger partial charge is 0.220 e. The van der Waals surface area contributed by atoms with Crippen molar-refractivity contribution in [3.63, 3.8) is 0 Å². The molecule has 3 N–H and O–H groups in total. The van der Waals surface area contributed by atoms with Crippen LogP contribution in [-0.4, -0.2) is 30.6 Å². The number of nitrogens with one attached hydrogen (secondary N) is 2. The number of carbonyl (C=O) groups excluding carboxylic acids is 1. The van der Waals surface area contributed by atoms with Crippen LogP contribution in [0.4, 0.5) is 0 Å². The number of rotatable bonds is 5. The monoisotopic (exact) mass is 332 g/mol. The highest BCUT2D eigenvalue weighted by Gasteiger charge is 2.18. The Morgan fingerprint density at radius 2 is 2.05 bits per heavy atom. The molecule has 1 heterocycles. The Bertz CT molecular complexity index is 451. The highest BCUT2D eigenvalue weighted by Crippen LogP contribution is 2.22. The summed E-state index contributed by atoms with van der Waals surface area (Å²) in [5.41, 5.74) is 0.649. The van der Waals surface area contributed by atoms with Gasteiger partial charge in [0.25, 0.3) is 0 Å². The number of halogens is 2. The minimum Gasteiger partial charge on any atom is -0.387 e. The minimum atomic E-state index is -0.763. The van der Waals surface area contributed by atoms with Crippen molar-refractivity contribution >= 4 is 29.9 Å². The Hall–Kier alpha value is -0.810. The molecule has 1 unspecified atom stereocenters. The van der Waals surface area contributed by atoms with E-state index >= 15 is 0 Å². The summed E-state index contributed by atoms with van der Waals surface area (Å²) in [4.78, 5) is 11.9. The molecule has 0 radical (unpaired) electrons. The molecular formula is C15H22Cl2N2O2. The summed E-state index contributed by atoms with van der Waals surface area (Å²) in [5, 5.41) is 16.6. The van der Waals surface area contributed by atoms with E-state index in [-0.39, 0.29) is 24.9 Å². The zero-order valence-electron chi connectivity index (χ0n) is 11.8. The Balaban J connectivity index is 0.00000220. The second-order valence-electron chi connectivity index (χ2n) is 5.24.